The summed E-state index contributed by atoms with van der Waals surface area (Å²) in [5, 5.41) is 0. The third kappa shape index (κ3) is 4.27. The molecule has 1 atom stereocenters. The van der Waals surface area contributed by atoms with Crippen LogP contribution in [0, 0.1) is 23.7 Å². The van der Waals surface area contributed by atoms with Crippen LogP contribution in [0.25, 0.3) is 0 Å². The Kier molecular flexibility index (Phi) is 6.34. The van der Waals surface area contributed by atoms with E-state index in [0.29, 0.717) is 31.6 Å². The van der Waals surface area contributed by atoms with E-state index in [1.165, 1.54) is 32.1 Å². The lowest BCUT2D eigenvalue weighted by atomic mass is 9.70. The average Bonchev–Trinajstić information content (AvgIpc) is 2.47. The van der Waals surface area contributed by atoms with Gasteiger partial charge in [-0.3, -0.25) is 14.4 Å². The molecule has 0 aromatic heterocycles. The van der Waals surface area contributed by atoms with Gasteiger partial charge >= 0.3 is 0 Å². The zero-order valence-corrected chi connectivity index (χ0v) is 14.1. The average molecular weight is 306 g/mol. The molecule has 1 unspecified atom stereocenters. The molecule has 22 heavy (non-hydrogen) atoms. The first-order valence-corrected chi connectivity index (χ1v) is 9.11. The second-order valence-corrected chi connectivity index (χ2v) is 7.47. The van der Waals surface area contributed by atoms with Crippen LogP contribution in [0.2, 0.25) is 0 Å². The van der Waals surface area contributed by atoms with Gasteiger partial charge in [0, 0.05) is 19.3 Å². The van der Waals surface area contributed by atoms with Gasteiger partial charge in [-0.25, -0.2) is 0 Å². The normalized spacial score (nSPS) is 28.6. The molecule has 0 aromatic rings. The van der Waals surface area contributed by atoms with E-state index >= 15 is 0 Å². The summed E-state index contributed by atoms with van der Waals surface area (Å²) < 4.78 is 0. The maximum atomic E-state index is 12.3. The van der Waals surface area contributed by atoms with Crippen LogP contribution < -0.4 is 0 Å². The lowest BCUT2D eigenvalue weighted by molar-refractivity contribution is -0.144. The number of Topliss-reactive ketones (excluding diaryl/α,β-unsaturated/α-hetero) is 3. The van der Waals surface area contributed by atoms with Gasteiger partial charge in [0.15, 0.2) is 17.3 Å². The number of rotatable bonds is 6. The summed E-state index contributed by atoms with van der Waals surface area (Å²) in [5.41, 5.74) is 0. The summed E-state index contributed by atoms with van der Waals surface area (Å²) >= 11 is 0. The molecule has 2 aliphatic rings. The molecule has 2 saturated carbocycles. The van der Waals surface area contributed by atoms with Crippen molar-refractivity contribution in [3.8, 4) is 0 Å². The van der Waals surface area contributed by atoms with Gasteiger partial charge in [-0.05, 0) is 30.6 Å². The van der Waals surface area contributed by atoms with Gasteiger partial charge in [0.2, 0.25) is 0 Å². The second kappa shape index (κ2) is 8.03. The maximum Gasteiger partial charge on any atom is 0.151 e. The van der Waals surface area contributed by atoms with Crippen molar-refractivity contribution >= 4 is 17.3 Å². The van der Waals surface area contributed by atoms with Crippen LogP contribution in [0.5, 0.6) is 0 Å². The topological polar surface area (TPSA) is 51.2 Å². The molecule has 0 N–H and O–H groups in total. The summed E-state index contributed by atoms with van der Waals surface area (Å²) in [6.07, 6.45) is 9.67. The molecule has 0 aliphatic heterocycles. The lowest BCUT2D eigenvalue weighted by Crippen LogP contribution is -2.40. The van der Waals surface area contributed by atoms with Crippen LogP contribution in [0.1, 0.15) is 78.1 Å². The monoisotopic (exact) mass is 306 g/mol. The first-order valence-electron chi connectivity index (χ1n) is 9.11. The summed E-state index contributed by atoms with van der Waals surface area (Å²) in [4.78, 5) is 36.5. The van der Waals surface area contributed by atoms with E-state index in [0.717, 1.165) is 12.3 Å². The fourth-order valence-electron chi connectivity index (χ4n) is 4.30. The quantitative estimate of drug-likeness (QED) is 0.693. The molecule has 0 spiro atoms. The van der Waals surface area contributed by atoms with Gasteiger partial charge in [0.05, 0.1) is 0 Å². The largest absolute Gasteiger partial charge is 0.298 e. The fraction of sp³-hybridized carbons (Fsp3) is 0.842. The zero-order chi connectivity index (χ0) is 16.1. The van der Waals surface area contributed by atoms with Crippen LogP contribution in [-0.4, -0.2) is 17.3 Å². The number of carbonyl (C=O) groups excluding carboxylic acids is 3. The van der Waals surface area contributed by atoms with Crippen LogP contribution in [0.15, 0.2) is 0 Å². The third-order valence-electron chi connectivity index (χ3n) is 5.62. The van der Waals surface area contributed by atoms with E-state index in [2.05, 4.69) is 6.92 Å². The minimum atomic E-state index is -0.932. The Morgan fingerprint density at radius 3 is 2.23 bits per heavy atom. The zero-order valence-electron chi connectivity index (χ0n) is 14.1. The molecule has 2 aliphatic carbocycles. The van der Waals surface area contributed by atoms with Gasteiger partial charge in [0.25, 0.3) is 0 Å². The SMILES string of the molecule is CCCC(=O)C1C(=O)CC(C(C)CC2CCCCC2)CC1=O. The fourth-order valence-corrected chi connectivity index (χ4v) is 4.30. The van der Waals surface area contributed by atoms with Crippen molar-refractivity contribution in [1.29, 1.82) is 0 Å². The molecule has 3 heteroatoms. The molecule has 3 nitrogen and oxygen atoms in total. The van der Waals surface area contributed by atoms with Crippen molar-refractivity contribution in [2.75, 3.05) is 0 Å². The molecule has 2 fully saturated rings. The first-order chi connectivity index (χ1) is 10.5. The van der Waals surface area contributed by atoms with Gasteiger partial charge in [-0.2, -0.15) is 0 Å². The molecule has 2 rings (SSSR count). The van der Waals surface area contributed by atoms with Crippen molar-refractivity contribution < 1.29 is 14.4 Å². The number of hydrogen-bond acceptors (Lipinski definition) is 3. The van der Waals surface area contributed by atoms with Gasteiger partial charge < -0.3 is 0 Å². The predicted molar refractivity (Wildman–Crippen MR) is 86.5 cm³/mol. The van der Waals surface area contributed by atoms with E-state index < -0.39 is 5.92 Å². The number of hydrogen-bond donors (Lipinski definition) is 0. The molecule has 0 bridgehead atoms. The second-order valence-electron chi connectivity index (χ2n) is 7.47. The molecular formula is C19H30O3. The lowest BCUT2D eigenvalue weighted by Gasteiger charge is -2.32. The molecule has 0 saturated heterocycles. The molecule has 0 amide bonds. The van der Waals surface area contributed by atoms with E-state index in [1.807, 2.05) is 6.92 Å². The van der Waals surface area contributed by atoms with E-state index in [9.17, 15) is 14.4 Å². The van der Waals surface area contributed by atoms with Crippen molar-refractivity contribution in [1.82, 2.24) is 0 Å². The van der Waals surface area contributed by atoms with Crippen molar-refractivity contribution in [3.05, 3.63) is 0 Å². The van der Waals surface area contributed by atoms with Gasteiger partial charge in [-0.15, -0.1) is 0 Å². The summed E-state index contributed by atoms with van der Waals surface area (Å²) in [6, 6.07) is 0. The molecule has 0 radical (unpaired) electrons. The molecule has 124 valence electrons. The Morgan fingerprint density at radius 2 is 1.68 bits per heavy atom. The predicted octanol–water partition coefficient (Wildman–Crippen LogP) is 4.13. The van der Waals surface area contributed by atoms with Crippen LogP contribution in [-0.2, 0) is 14.4 Å². The summed E-state index contributed by atoms with van der Waals surface area (Å²) in [7, 11) is 0. The highest BCUT2D eigenvalue weighted by atomic mass is 16.2. The minimum Gasteiger partial charge on any atom is -0.298 e. The highest BCUT2D eigenvalue weighted by molar-refractivity contribution is 6.20. The Hall–Kier alpha value is -0.990. The smallest absolute Gasteiger partial charge is 0.151 e. The van der Waals surface area contributed by atoms with E-state index in [4.69, 9.17) is 0 Å². The first kappa shape index (κ1) is 17.4. The Balaban J connectivity index is 1.90. The maximum absolute atomic E-state index is 12.3. The Morgan fingerprint density at radius 1 is 1.09 bits per heavy atom. The molecule has 0 heterocycles. The van der Waals surface area contributed by atoms with E-state index in [-0.39, 0.29) is 23.3 Å². The number of ketones is 3. The van der Waals surface area contributed by atoms with Gasteiger partial charge in [0.1, 0.15) is 5.92 Å². The molecular weight excluding hydrogens is 276 g/mol. The highest BCUT2D eigenvalue weighted by Gasteiger charge is 2.41. The Labute approximate surface area is 134 Å². The van der Waals surface area contributed by atoms with Crippen LogP contribution in [0.3, 0.4) is 0 Å². The van der Waals surface area contributed by atoms with Gasteiger partial charge in [-0.1, -0.05) is 46.0 Å². The van der Waals surface area contributed by atoms with E-state index in [1.54, 1.807) is 0 Å². The van der Waals surface area contributed by atoms with Crippen molar-refractivity contribution in [2.24, 2.45) is 23.7 Å². The third-order valence-corrected chi connectivity index (χ3v) is 5.62. The highest BCUT2D eigenvalue weighted by Crippen LogP contribution is 2.36. The number of carbonyl (C=O) groups is 3. The van der Waals surface area contributed by atoms with Crippen LogP contribution >= 0.6 is 0 Å². The molecule has 0 aromatic carbocycles. The Bertz CT molecular complexity index is 402. The summed E-state index contributed by atoms with van der Waals surface area (Å²) in [6.45, 7) is 4.10. The van der Waals surface area contributed by atoms with Crippen molar-refractivity contribution in [3.63, 3.8) is 0 Å². The summed E-state index contributed by atoms with van der Waals surface area (Å²) in [5.74, 6) is 0.0265. The minimum absolute atomic E-state index is 0.116. The standard InChI is InChI=1S/C19H30O3/c1-3-7-16(20)19-17(21)11-15(12-18(19)22)13(2)10-14-8-5-4-6-9-14/h13-15,19H,3-12H2,1-2H3. The van der Waals surface area contributed by atoms with Crippen LogP contribution in [0.4, 0.5) is 0 Å². The van der Waals surface area contributed by atoms with Crippen molar-refractivity contribution in [2.45, 2.75) is 78.1 Å².